The van der Waals surface area contributed by atoms with Crippen molar-refractivity contribution in [2.24, 2.45) is 11.7 Å². The Labute approximate surface area is 252 Å². The number of primary amides is 1. The Morgan fingerprint density at radius 3 is 2.21 bits per heavy atom. The molecule has 1 aliphatic rings. The molecule has 14 heteroatoms. The fraction of sp³-hybridized carbons (Fsp3) is 0.414. The molecule has 1 aliphatic heterocycles. The van der Waals surface area contributed by atoms with Crippen LogP contribution < -0.4 is 21.7 Å². The molecule has 43 heavy (non-hydrogen) atoms. The fourth-order valence-electron chi connectivity index (χ4n) is 4.44. The van der Waals surface area contributed by atoms with Crippen LogP contribution >= 0.6 is 0 Å². The zero-order valence-electron chi connectivity index (χ0n) is 23.9. The molecule has 5 N–H and O–H groups in total. The first kappa shape index (κ1) is 34.7. The van der Waals surface area contributed by atoms with Crippen LogP contribution in [0, 0.1) is 11.7 Å². The van der Waals surface area contributed by atoms with Gasteiger partial charge in [-0.05, 0) is 49.1 Å². The zero-order valence-corrected chi connectivity index (χ0v) is 24.7. The standard InChI is InChI=1S/C29H36FN5O5.O2S/c1-3-18(2)26(37)34-23(17-32-27(38)20-11-13-21(30)14-12-20)29(40)35-15-7-10-24(35)28(39)33-22(25(31)36)16-19-8-5-4-6-9-19;1-3-2/h4-6,8-9,11-14,18,22-24H,3,7,10,15-17H2,1-2H3,(H2,31,36)(H,32,38)(H,33,39)(H,34,37);/t18-,22+,23+,24+;/m1./s1. The van der Waals surface area contributed by atoms with Gasteiger partial charge in [-0.3, -0.25) is 24.0 Å². The average molecular weight is 618 g/mol. The largest absolute Gasteiger partial charge is 0.368 e. The minimum absolute atomic E-state index is 0.190. The molecule has 0 bridgehead atoms. The van der Waals surface area contributed by atoms with Crippen molar-refractivity contribution in [3.05, 3.63) is 71.5 Å². The lowest BCUT2D eigenvalue weighted by Gasteiger charge is -2.30. The first-order valence-corrected chi connectivity index (χ1v) is 14.4. The normalized spacial score (nSPS) is 16.0. The predicted molar refractivity (Wildman–Crippen MR) is 155 cm³/mol. The summed E-state index contributed by atoms with van der Waals surface area (Å²) in [6, 6.07) is 11.0. The molecule has 4 atom stereocenters. The number of hydrogen-bond acceptors (Lipinski definition) is 7. The van der Waals surface area contributed by atoms with Crippen LogP contribution in [-0.4, -0.2) is 74.1 Å². The van der Waals surface area contributed by atoms with Gasteiger partial charge in [-0.25, -0.2) is 4.39 Å². The molecule has 0 aliphatic carbocycles. The van der Waals surface area contributed by atoms with E-state index in [-0.39, 0.29) is 36.9 Å². The van der Waals surface area contributed by atoms with Gasteiger partial charge in [-0.15, -0.1) is 0 Å². The number of rotatable bonds is 12. The lowest BCUT2D eigenvalue weighted by Crippen LogP contribution is -2.58. The van der Waals surface area contributed by atoms with Crippen molar-refractivity contribution in [1.82, 2.24) is 20.9 Å². The number of benzene rings is 2. The molecule has 12 nitrogen and oxygen atoms in total. The minimum atomic E-state index is -1.14. The number of nitrogens with one attached hydrogen (secondary N) is 3. The molecular formula is C29H36FN5O7S. The van der Waals surface area contributed by atoms with Gasteiger partial charge >= 0.3 is 11.6 Å². The maximum Gasteiger partial charge on any atom is 0.335 e. The summed E-state index contributed by atoms with van der Waals surface area (Å²) in [5, 5.41) is 8.00. The molecule has 0 saturated carbocycles. The van der Waals surface area contributed by atoms with Gasteiger partial charge in [0.15, 0.2) is 0 Å². The average Bonchev–Trinajstić information content (AvgIpc) is 3.49. The van der Waals surface area contributed by atoms with E-state index in [0.29, 0.717) is 19.3 Å². The summed E-state index contributed by atoms with van der Waals surface area (Å²) in [4.78, 5) is 65.7. The topological polar surface area (TPSA) is 185 Å². The Balaban J connectivity index is 0.00000206. The van der Waals surface area contributed by atoms with E-state index in [2.05, 4.69) is 16.0 Å². The first-order chi connectivity index (χ1) is 20.5. The first-order valence-electron chi connectivity index (χ1n) is 13.7. The van der Waals surface area contributed by atoms with Crippen LogP contribution in [-0.2, 0) is 37.2 Å². The molecule has 0 spiro atoms. The van der Waals surface area contributed by atoms with Gasteiger partial charge in [0.25, 0.3) is 5.91 Å². The molecule has 0 unspecified atom stereocenters. The Bertz CT molecular complexity index is 1310. The second-order valence-corrected chi connectivity index (χ2v) is 10.1. The molecule has 5 amide bonds. The molecule has 0 radical (unpaired) electrons. The molecule has 2 aromatic rings. The highest BCUT2D eigenvalue weighted by atomic mass is 32.1. The highest BCUT2D eigenvalue weighted by Gasteiger charge is 2.39. The summed E-state index contributed by atoms with van der Waals surface area (Å²) < 4.78 is 29.8. The lowest BCUT2D eigenvalue weighted by molar-refractivity contribution is -0.142. The molecular weight excluding hydrogens is 581 g/mol. The van der Waals surface area contributed by atoms with Gasteiger partial charge in [0.2, 0.25) is 23.6 Å². The number of hydrogen-bond donors (Lipinski definition) is 4. The Morgan fingerprint density at radius 2 is 1.63 bits per heavy atom. The van der Waals surface area contributed by atoms with Gasteiger partial charge in [0.1, 0.15) is 23.9 Å². The number of amides is 5. The van der Waals surface area contributed by atoms with E-state index in [4.69, 9.17) is 14.2 Å². The summed E-state index contributed by atoms with van der Waals surface area (Å²) in [6.07, 6.45) is 1.64. The Morgan fingerprint density at radius 1 is 1.00 bits per heavy atom. The van der Waals surface area contributed by atoms with Crippen molar-refractivity contribution in [2.75, 3.05) is 13.1 Å². The summed E-state index contributed by atoms with van der Waals surface area (Å²) in [5.74, 6) is -3.54. The third kappa shape index (κ3) is 10.7. The highest BCUT2D eigenvalue weighted by Crippen LogP contribution is 2.19. The smallest absolute Gasteiger partial charge is 0.335 e. The monoisotopic (exact) mass is 617 g/mol. The summed E-state index contributed by atoms with van der Waals surface area (Å²) in [6.45, 7) is 3.58. The minimum Gasteiger partial charge on any atom is -0.368 e. The third-order valence-electron chi connectivity index (χ3n) is 7.03. The third-order valence-corrected chi connectivity index (χ3v) is 7.03. The van der Waals surface area contributed by atoms with Gasteiger partial charge in [-0.1, -0.05) is 44.2 Å². The van der Waals surface area contributed by atoms with Crippen molar-refractivity contribution >= 4 is 41.1 Å². The van der Waals surface area contributed by atoms with Crippen molar-refractivity contribution in [1.29, 1.82) is 0 Å². The molecule has 1 heterocycles. The van der Waals surface area contributed by atoms with Gasteiger partial charge < -0.3 is 26.6 Å². The van der Waals surface area contributed by atoms with Crippen LogP contribution in [0.4, 0.5) is 4.39 Å². The second-order valence-electron chi connectivity index (χ2n) is 10.00. The van der Waals surface area contributed by atoms with E-state index >= 15 is 0 Å². The van der Waals surface area contributed by atoms with E-state index in [9.17, 15) is 28.4 Å². The molecule has 3 rings (SSSR count). The summed E-state index contributed by atoms with van der Waals surface area (Å²) >= 11 is -0.750. The van der Waals surface area contributed by atoms with Crippen molar-refractivity contribution in [3.8, 4) is 0 Å². The number of halogens is 1. The number of carbonyl (C=O) groups excluding carboxylic acids is 5. The molecule has 0 aromatic heterocycles. The lowest BCUT2D eigenvalue weighted by atomic mass is 10.0. The van der Waals surface area contributed by atoms with E-state index in [1.54, 1.807) is 6.92 Å². The number of likely N-dealkylation sites (tertiary alicyclic amines) is 1. The summed E-state index contributed by atoms with van der Waals surface area (Å²) in [5.41, 5.74) is 6.56. The number of nitrogens with zero attached hydrogens (tertiary/aromatic N) is 1. The van der Waals surface area contributed by atoms with Crippen LogP contribution in [0.25, 0.3) is 0 Å². The Hall–Kier alpha value is -4.46. The molecule has 2 aromatic carbocycles. The fourth-order valence-corrected chi connectivity index (χ4v) is 4.44. The van der Waals surface area contributed by atoms with E-state index in [1.165, 1.54) is 17.0 Å². The SMILES string of the molecule is CC[C@@H](C)C(=O)N[C@@H](CNC(=O)c1ccc(F)cc1)C(=O)N1CCC[C@H]1C(=O)N[C@@H](Cc1ccccc1)C(N)=O.O=S=O. The van der Waals surface area contributed by atoms with Gasteiger partial charge in [-0.2, -0.15) is 8.42 Å². The maximum absolute atomic E-state index is 13.6. The van der Waals surface area contributed by atoms with E-state index < -0.39 is 59.1 Å². The maximum atomic E-state index is 13.6. The quantitative estimate of drug-likeness (QED) is 0.269. The molecule has 1 saturated heterocycles. The Kier molecular flexibility index (Phi) is 14.1. The van der Waals surface area contributed by atoms with Crippen LogP contribution in [0.15, 0.2) is 54.6 Å². The second kappa shape index (κ2) is 17.5. The van der Waals surface area contributed by atoms with Crippen LogP contribution in [0.5, 0.6) is 0 Å². The van der Waals surface area contributed by atoms with Crippen molar-refractivity contribution < 1.29 is 36.8 Å². The zero-order chi connectivity index (χ0) is 31.9. The molecule has 1 fully saturated rings. The predicted octanol–water partition coefficient (Wildman–Crippen LogP) is 0.620. The molecule has 232 valence electrons. The summed E-state index contributed by atoms with van der Waals surface area (Å²) in [7, 11) is 0. The number of nitrogens with two attached hydrogens (primary N) is 1. The van der Waals surface area contributed by atoms with Crippen LogP contribution in [0.3, 0.4) is 0 Å². The van der Waals surface area contributed by atoms with Crippen molar-refractivity contribution in [3.63, 3.8) is 0 Å². The van der Waals surface area contributed by atoms with Crippen LogP contribution in [0.2, 0.25) is 0 Å². The van der Waals surface area contributed by atoms with Gasteiger partial charge in [0, 0.05) is 31.0 Å². The van der Waals surface area contributed by atoms with Crippen LogP contribution in [0.1, 0.15) is 49.0 Å². The van der Waals surface area contributed by atoms with Gasteiger partial charge in [0.05, 0.1) is 0 Å². The number of carbonyl (C=O) groups is 5. The van der Waals surface area contributed by atoms with E-state index in [0.717, 1.165) is 17.7 Å². The van der Waals surface area contributed by atoms with Crippen molar-refractivity contribution in [2.45, 2.75) is 57.7 Å². The van der Waals surface area contributed by atoms with E-state index in [1.807, 2.05) is 37.3 Å². The highest BCUT2D eigenvalue weighted by molar-refractivity contribution is 7.51.